The molecule has 1 aliphatic heterocycles. The normalized spacial score (nSPS) is 25.3. The van der Waals surface area contributed by atoms with Crippen LogP contribution in [-0.2, 0) is 9.59 Å². The molecule has 2 unspecified atom stereocenters. The molecule has 0 aromatic rings. The molecule has 0 saturated carbocycles. The number of carbonyl (C=O) groups is 2. The molecule has 0 aliphatic carbocycles. The van der Waals surface area contributed by atoms with Crippen molar-refractivity contribution < 1.29 is 14.7 Å². The van der Waals surface area contributed by atoms with Gasteiger partial charge in [0.1, 0.15) is 6.04 Å². The Morgan fingerprint density at radius 3 is 2.21 bits per heavy atom. The first-order valence-corrected chi connectivity index (χ1v) is 6.83. The van der Waals surface area contributed by atoms with Crippen molar-refractivity contribution in [3.8, 4) is 0 Å². The van der Waals surface area contributed by atoms with Gasteiger partial charge in [0, 0.05) is 12.1 Å². The zero-order chi connectivity index (χ0) is 15.0. The lowest BCUT2D eigenvalue weighted by Crippen LogP contribution is -2.61. The van der Waals surface area contributed by atoms with Gasteiger partial charge in [0.15, 0.2) is 0 Å². The number of carbonyl (C=O) groups excluding carboxylic acids is 1. The minimum atomic E-state index is -0.925. The molecule has 1 rings (SSSR count). The molecule has 1 aliphatic rings. The van der Waals surface area contributed by atoms with Gasteiger partial charge in [0.05, 0.1) is 5.41 Å². The lowest BCUT2D eigenvalue weighted by atomic mass is 9.73. The van der Waals surface area contributed by atoms with E-state index in [9.17, 15) is 14.7 Å². The van der Waals surface area contributed by atoms with Crippen LogP contribution in [0, 0.1) is 11.3 Å². The molecule has 5 heteroatoms. The van der Waals surface area contributed by atoms with Gasteiger partial charge in [-0.05, 0) is 46.5 Å². The van der Waals surface area contributed by atoms with E-state index in [4.69, 9.17) is 5.73 Å². The van der Waals surface area contributed by atoms with Crippen molar-refractivity contribution in [1.82, 2.24) is 4.90 Å². The number of carboxylic acids is 1. The molecule has 1 heterocycles. The fourth-order valence-electron chi connectivity index (χ4n) is 2.43. The van der Waals surface area contributed by atoms with Crippen molar-refractivity contribution in [1.29, 1.82) is 0 Å². The zero-order valence-corrected chi connectivity index (χ0v) is 12.6. The highest BCUT2D eigenvalue weighted by molar-refractivity contribution is 5.88. The van der Waals surface area contributed by atoms with Gasteiger partial charge < -0.3 is 15.7 Å². The minimum absolute atomic E-state index is 0.0214. The first kappa shape index (κ1) is 16.0. The SMILES string of the molecule is CC1CCCN(C(=O)C(C)(C)C(C)(C)N)C1C(=O)O. The Morgan fingerprint density at radius 1 is 1.26 bits per heavy atom. The highest BCUT2D eigenvalue weighted by Crippen LogP contribution is 2.34. The average Bonchev–Trinajstić information content (AvgIpc) is 2.25. The molecule has 0 aromatic carbocycles. The predicted molar refractivity (Wildman–Crippen MR) is 73.6 cm³/mol. The van der Waals surface area contributed by atoms with Crippen LogP contribution in [0.5, 0.6) is 0 Å². The van der Waals surface area contributed by atoms with Gasteiger partial charge in [-0.1, -0.05) is 6.92 Å². The number of aliphatic carboxylic acids is 1. The summed E-state index contributed by atoms with van der Waals surface area (Å²) in [6.45, 7) is 9.56. The summed E-state index contributed by atoms with van der Waals surface area (Å²) in [5, 5.41) is 9.37. The number of hydrogen-bond acceptors (Lipinski definition) is 3. The van der Waals surface area contributed by atoms with E-state index in [0.717, 1.165) is 12.8 Å². The molecule has 5 nitrogen and oxygen atoms in total. The number of amides is 1. The molecular formula is C14H26N2O3. The second-order valence-electron chi connectivity index (χ2n) is 6.75. The van der Waals surface area contributed by atoms with Gasteiger partial charge in [-0.2, -0.15) is 0 Å². The molecule has 110 valence electrons. The number of hydrogen-bond donors (Lipinski definition) is 2. The van der Waals surface area contributed by atoms with Crippen molar-refractivity contribution in [2.45, 2.75) is 59.0 Å². The molecule has 0 radical (unpaired) electrons. The highest BCUT2D eigenvalue weighted by Gasteiger charge is 2.47. The summed E-state index contributed by atoms with van der Waals surface area (Å²) in [6, 6.07) is -0.733. The molecule has 1 amide bonds. The average molecular weight is 270 g/mol. The maximum atomic E-state index is 12.7. The van der Waals surface area contributed by atoms with Crippen LogP contribution in [-0.4, -0.2) is 40.0 Å². The molecule has 2 atom stereocenters. The van der Waals surface area contributed by atoms with E-state index in [1.807, 2.05) is 6.92 Å². The Labute approximate surface area is 115 Å². The summed E-state index contributed by atoms with van der Waals surface area (Å²) in [4.78, 5) is 25.6. The number of likely N-dealkylation sites (tertiary alicyclic amines) is 1. The summed E-state index contributed by atoms with van der Waals surface area (Å²) >= 11 is 0. The third-order valence-corrected chi connectivity index (χ3v) is 4.59. The van der Waals surface area contributed by atoms with E-state index in [2.05, 4.69) is 0 Å². The Balaban J connectivity index is 3.06. The van der Waals surface area contributed by atoms with E-state index >= 15 is 0 Å². The molecule has 1 saturated heterocycles. The standard InChI is InChI=1S/C14H26N2O3/c1-9-7-6-8-16(10(9)11(17)18)12(19)13(2,3)14(4,5)15/h9-10H,6-8,15H2,1-5H3,(H,17,18). The van der Waals surface area contributed by atoms with Crippen molar-refractivity contribution >= 4 is 11.9 Å². The first-order chi connectivity index (χ1) is 8.50. The van der Waals surface area contributed by atoms with Crippen molar-refractivity contribution in [2.24, 2.45) is 17.1 Å². The van der Waals surface area contributed by atoms with Crippen LogP contribution >= 0.6 is 0 Å². The van der Waals surface area contributed by atoms with Crippen LogP contribution in [0.4, 0.5) is 0 Å². The summed E-state index contributed by atoms with van der Waals surface area (Å²) in [7, 11) is 0. The maximum Gasteiger partial charge on any atom is 0.326 e. The summed E-state index contributed by atoms with van der Waals surface area (Å²) in [6.07, 6.45) is 1.69. The fraction of sp³-hybridized carbons (Fsp3) is 0.857. The Bertz CT molecular complexity index is 371. The fourth-order valence-corrected chi connectivity index (χ4v) is 2.43. The third-order valence-electron chi connectivity index (χ3n) is 4.59. The predicted octanol–water partition coefficient (Wildman–Crippen LogP) is 1.46. The molecule has 0 bridgehead atoms. The molecule has 1 fully saturated rings. The maximum absolute atomic E-state index is 12.7. The van der Waals surface area contributed by atoms with Gasteiger partial charge in [-0.3, -0.25) is 4.79 Å². The van der Waals surface area contributed by atoms with Gasteiger partial charge in [0.25, 0.3) is 0 Å². The highest BCUT2D eigenvalue weighted by atomic mass is 16.4. The topological polar surface area (TPSA) is 83.6 Å². The Kier molecular flexibility index (Phi) is 4.30. The van der Waals surface area contributed by atoms with Crippen LogP contribution in [0.1, 0.15) is 47.5 Å². The number of carboxylic acid groups (broad SMARTS) is 1. The molecular weight excluding hydrogens is 244 g/mol. The van der Waals surface area contributed by atoms with Crippen LogP contribution in [0.15, 0.2) is 0 Å². The lowest BCUT2D eigenvalue weighted by molar-refractivity contribution is -0.160. The smallest absolute Gasteiger partial charge is 0.326 e. The van der Waals surface area contributed by atoms with Crippen molar-refractivity contribution in [2.75, 3.05) is 6.54 Å². The van der Waals surface area contributed by atoms with E-state index < -0.39 is 23.0 Å². The Hall–Kier alpha value is -1.10. The number of nitrogens with zero attached hydrogens (tertiary/aromatic N) is 1. The zero-order valence-electron chi connectivity index (χ0n) is 12.6. The number of nitrogens with two attached hydrogens (primary N) is 1. The number of piperidine rings is 1. The largest absolute Gasteiger partial charge is 0.480 e. The second kappa shape index (κ2) is 5.12. The van der Waals surface area contributed by atoms with Gasteiger partial charge in [-0.25, -0.2) is 4.79 Å². The first-order valence-electron chi connectivity index (χ1n) is 6.83. The van der Waals surface area contributed by atoms with Crippen molar-refractivity contribution in [3.63, 3.8) is 0 Å². The van der Waals surface area contributed by atoms with E-state index in [0.29, 0.717) is 6.54 Å². The quantitative estimate of drug-likeness (QED) is 0.813. The second-order valence-corrected chi connectivity index (χ2v) is 6.75. The molecule has 0 aromatic heterocycles. The number of rotatable bonds is 3. The van der Waals surface area contributed by atoms with E-state index in [1.165, 1.54) is 4.90 Å². The van der Waals surface area contributed by atoms with Crippen LogP contribution in [0.25, 0.3) is 0 Å². The minimum Gasteiger partial charge on any atom is -0.480 e. The summed E-state index contributed by atoms with van der Waals surface area (Å²) < 4.78 is 0. The summed E-state index contributed by atoms with van der Waals surface area (Å²) in [5.41, 5.74) is 4.59. The lowest BCUT2D eigenvalue weighted by Gasteiger charge is -2.45. The monoisotopic (exact) mass is 270 g/mol. The van der Waals surface area contributed by atoms with Crippen LogP contribution < -0.4 is 5.73 Å². The molecule has 3 N–H and O–H groups in total. The van der Waals surface area contributed by atoms with Crippen LogP contribution in [0.2, 0.25) is 0 Å². The van der Waals surface area contributed by atoms with E-state index in [-0.39, 0.29) is 11.8 Å². The molecule has 19 heavy (non-hydrogen) atoms. The Morgan fingerprint density at radius 2 is 1.79 bits per heavy atom. The van der Waals surface area contributed by atoms with Crippen LogP contribution in [0.3, 0.4) is 0 Å². The van der Waals surface area contributed by atoms with E-state index in [1.54, 1.807) is 27.7 Å². The summed E-state index contributed by atoms with van der Waals surface area (Å²) in [5.74, 6) is -1.11. The van der Waals surface area contributed by atoms with Gasteiger partial charge >= 0.3 is 5.97 Å². The van der Waals surface area contributed by atoms with Gasteiger partial charge in [-0.15, -0.1) is 0 Å². The van der Waals surface area contributed by atoms with Crippen molar-refractivity contribution in [3.05, 3.63) is 0 Å². The molecule has 0 spiro atoms. The third kappa shape index (κ3) is 2.91. The van der Waals surface area contributed by atoms with Gasteiger partial charge in [0.2, 0.25) is 5.91 Å².